The number of amides is 1. The van der Waals surface area contributed by atoms with Crippen LogP contribution in [0.3, 0.4) is 0 Å². The number of hydrogen-bond donors (Lipinski definition) is 2. The highest BCUT2D eigenvalue weighted by Crippen LogP contribution is 2.29. The Hall–Kier alpha value is -2.92. The number of ether oxygens (including phenoxy) is 1. The van der Waals surface area contributed by atoms with Crippen LogP contribution in [0.2, 0.25) is 0 Å². The maximum Gasteiger partial charge on any atom is 0.416 e. The molecule has 0 aliphatic carbocycles. The van der Waals surface area contributed by atoms with Crippen LogP contribution in [-0.4, -0.2) is 26.4 Å². The van der Waals surface area contributed by atoms with Crippen molar-refractivity contribution in [3.05, 3.63) is 59.7 Å². The first-order valence-corrected chi connectivity index (χ1v) is 9.70. The molecule has 29 heavy (non-hydrogen) atoms. The van der Waals surface area contributed by atoms with Gasteiger partial charge in [0.05, 0.1) is 16.9 Å². The summed E-state index contributed by atoms with van der Waals surface area (Å²) in [6, 6.07) is 9.21. The van der Waals surface area contributed by atoms with Gasteiger partial charge in [0.2, 0.25) is 10.0 Å². The number of carbonyl (C=O) groups excluding carboxylic acids is 2. The minimum atomic E-state index is -4.54. The van der Waals surface area contributed by atoms with E-state index in [2.05, 4.69) is 5.32 Å². The number of rotatable bonds is 6. The molecule has 0 aliphatic heterocycles. The van der Waals surface area contributed by atoms with Gasteiger partial charge in [0.15, 0.2) is 6.10 Å². The zero-order chi connectivity index (χ0) is 21.8. The highest BCUT2D eigenvalue weighted by molar-refractivity contribution is 7.89. The molecule has 2 aromatic carbocycles. The lowest BCUT2D eigenvalue weighted by Gasteiger charge is -2.14. The number of hydrogen-bond acceptors (Lipinski definition) is 5. The summed E-state index contributed by atoms with van der Waals surface area (Å²) < 4.78 is 65.5. The first-order chi connectivity index (χ1) is 13.4. The molecule has 0 aliphatic rings. The van der Waals surface area contributed by atoms with Gasteiger partial charge in [0, 0.05) is 5.69 Å². The van der Waals surface area contributed by atoms with Crippen LogP contribution in [0.25, 0.3) is 0 Å². The van der Waals surface area contributed by atoms with Gasteiger partial charge in [-0.1, -0.05) is 18.2 Å². The van der Waals surface area contributed by atoms with E-state index in [0.717, 1.165) is 12.1 Å². The maximum atomic E-state index is 12.7. The van der Waals surface area contributed by atoms with Crippen molar-refractivity contribution in [2.45, 2.75) is 30.5 Å². The molecular weight excluding hydrogens is 413 g/mol. The highest BCUT2D eigenvalue weighted by Gasteiger charge is 2.30. The largest absolute Gasteiger partial charge is 0.452 e. The summed E-state index contributed by atoms with van der Waals surface area (Å²) in [5.41, 5.74) is -0.560. The van der Waals surface area contributed by atoms with E-state index in [1.54, 1.807) is 0 Å². The third-order valence-electron chi connectivity index (χ3n) is 3.73. The van der Waals surface area contributed by atoms with Gasteiger partial charge >= 0.3 is 12.1 Å². The van der Waals surface area contributed by atoms with Gasteiger partial charge in [-0.2, -0.15) is 13.2 Å². The van der Waals surface area contributed by atoms with Gasteiger partial charge in [-0.15, -0.1) is 0 Å². The number of alkyl halides is 3. The van der Waals surface area contributed by atoms with E-state index < -0.39 is 46.2 Å². The zero-order valence-electron chi connectivity index (χ0n) is 15.1. The second kappa shape index (κ2) is 8.62. The Morgan fingerprint density at radius 1 is 1.14 bits per heavy atom. The molecule has 3 N–H and O–H groups in total. The van der Waals surface area contributed by atoms with Crippen LogP contribution in [-0.2, 0) is 36.9 Å². The molecule has 2 rings (SSSR count). The third kappa shape index (κ3) is 6.57. The second-order valence-corrected chi connectivity index (χ2v) is 7.63. The number of esters is 1. The fraction of sp³-hybridized carbons (Fsp3) is 0.222. The molecule has 0 spiro atoms. The number of sulfonamides is 1. The van der Waals surface area contributed by atoms with Crippen molar-refractivity contribution in [3.63, 3.8) is 0 Å². The van der Waals surface area contributed by atoms with Gasteiger partial charge in [-0.05, 0) is 42.8 Å². The molecule has 0 radical (unpaired) electrons. The van der Waals surface area contributed by atoms with Crippen LogP contribution in [0.1, 0.15) is 18.1 Å². The summed E-state index contributed by atoms with van der Waals surface area (Å²) in [5, 5.41) is 7.39. The monoisotopic (exact) mass is 430 g/mol. The van der Waals surface area contributed by atoms with Crippen molar-refractivity contribution in [3.8, 4) is 0 Å². The van der Waals surface area contributed by atoms with Crippen LogP contribution in [0.5, 0.6) is 0 Å². The summed E-state index contributed by atoms with van der Waals surface area (Å²) in [6.45, 7) is 1.29. The molecule has 156 valence electrons. The molecule has 1 amide bonds. The molecule has 7 nitrogen and oxygen atoms in total. The predicted octanol–water partition coefficient (Wildman–Crippen LogP) is 2.47. The minimum absolute atomic E-state index is 0.0935. The SMILES string of the molecule is C[C@@H](OC(=O)Cc1cccc(C(F)(F)F)c1)C(=O)Nc1ccc(S(N)(=O)=O)cc1. The third-order valence-corrected chi connectivity index (χ3v) is 4.66. The van der Waals surface area contributed by atoms with Crippen LogP contribution in [0, 0.1) is 0 Å². The Labute approximate surface area is 164 Å². The molecular formula is C18H17F3N2O5S. The highest BCUT2D eigenvalue weighted by atomic mass is 32.2. The lowest BCUT2D eigenvalue weighted by atomic mass is 10.1. The number of halogens is 3. The van der Waals surface area contributed by atoms with Gasteiger partial charge in [-0.3, -0.25) is 9.59 Å². The molecule has 0 saturated heterocycles. The van der Waals surface area contributed by atoms with E-state index in [0.29, 0.717) is 0 Å². The Morgan fingerprint density at radius 2 is 1.76 bits per heavy atom. The molecule has 0 heterocycles. The quantitative estimate of drug-likeness (QED) is 0.683. The summed E-state index contributed by atoms with van der Waals surface area (Å²) >= 11 is 0. The summed E-state index contributed by atoms with van der Waals surface area (Å²) in [4.78, 5) is 23.9. The van der Waals surface area contributed by atoms with Gasteiger partial charge in [0.1, 0.15) is 0 Å². The average Bonchev–Trinajstić information content (AvgIpc) is 2.60. The molecule has 0 aromatic heterocycles. The van der Waals surface area contributed by atoms with E-state index in [1.807, 2.05) is 0 Å². The Kier molecular flexibility index (Phi) is 6.65. The van der Waals surface area contributed by atoms with Crippen molar-refractivity contribution in [1.82, 2.24) is 0 Å². The fourth-order valence-corrected chi connectivity index (χ4v) is 2.80. The molecule has 0 saturated carbocycles. The van der Waals surface area contributed by atoms with E-state index >= 15 is 0 Å². The molecule has 11 heteroatoms. The number of benzene rings is 2. The average molecular weight is 430 g/mol. The standard InChI is InChI=1S/C18H17F3N2O5S/c1-11(17(25)23-14-5-7-15(8-6-14)29(22,26)27)28-16(24)10-12-3-2-4-13(9-12)18(19,20)21/h2-9,11H,10H2,1H3,(H,23,25)(H2,22,26,27)/t11-/m1/s1. The molecule has 0 fully saturated rings. The lowest BCUT2D eigenvalue weighted by molar-refractivity contribution is -0.152. The van der Waals surface area contributed by atoms with Crippen LogP contribution >= 0.6 is 0 Å². The zero-order valence-corrected chi connectivity index (χ0v) is 15.9. The number of nitrogens with one attached hydrogen (secondary N) is 1. The Morgan fingerprint density at radius 3 is 2.31 bits per heavy atom. The molecule has 0 bridgehead atoms. The van der Waals surface area contributed by atoms with Gasteiger partial charge < -0.3 is 10.1 Å². The first-order valence-electron chi connectivity index (χ1n) is 8.15. The smallest absolute Gasteiger partial charge is 0.416 e. The molecule has 0 unspecified atom stereocenters. The number of anilines is 1. The second-order valence-electron chi connectivity index (χ2n) is 6.07. The van der Waals surface area contributed by atoms with E-state index in [9.17, 15) is 31.2 Å². The number of primary sulfonamides is 1. The van der Waals surface area contributed by atoms with Gasteiger partial charge in [0.25, 0.3) is 5.91 Å². The maximum absolute atomic E-state index is 12.7. The normalized spacial score (nSPS) is 12.9. The van der Waals surface area contributed by atoms with Crippen molar-refractivity contribution < 1.29 is 35.9 Å². The Bertz CT molecular complexity index is 1000. The summed E-state index contributed by atoms with van der Waals surface area (Å²) in [6.07, 6.45) is -6.21. The van der Waals surface area contributed by atoms with Crippen molar-refractivity contribution in [2.24, 2.45) is 5.14 Å². The topological polar surface area (TPSA) is 116 Å². The number of carbonyl (C=O) groups is 2. The molecule has 2 aromatic rings. The first kappa shape index (κ1) is 22.4. The van der Waals surface area contributed by atoms with Crippen molar-refractivity contribution in [2.75, 3.05) is 5.32 Å². The van der Waals surface area contributed by atoms with E-state index in [4.69, 9.17) is 9.88 Å². The van der Waals surface area contributed by atoms with Crippen molar-refractivity contribution >= 4 is 27.6 Å². The minimum Gasteiger partial charge on any atom is -0.452 e. The molecule has 1 atom stereocenters. The van der Waals surface area contributed by atoms with Crippen LogP contribution in [0.4, 0.5) is 18.9 Å². The van der Waals surface area contributed by atoms with Crippen LogP contribution < -0.4 is 10.5 Å². The van der Waals surface area contributed by atoms with Gasteiger partial charge in [-0.25, -0.2) is 13.6 Å². The fourth-order valence-electron chi connectivity index (χ4n) is 2.29. The van der Waals surface area contributed by atoms with E-state index in [-0.39, 0.29) is 16.1 Å². The lowest BCUT2D eigenvalue weighted by Crippen LogP contribution is -2.30. The Balaban J connectivity index is 1.94. The van der Waals surface area contributed by atoms with E-state index in [1.165, 1.54) is 43.3 Å². The number of nitrogens with two attached hydrogens (primary N) is 1. The van der Waals surface area contributed by atoms with Crippen LogP contribution in [0.15, 0.2) is 53.4 Å². The van der Waals surface area contributed by atoms with Crippen molar-refractivity contribution in [1.29, 1.82) is 0 Å². The summed E-state index contributed by atoms with van der Waals surface area (Å²) in [7, 11) is -3.87. The summed E-state index contributed by atoms with van der Waals surface area (Å²) in [5.74, 6) is -1.58. The predicted molar refractivity (Wildman–Crippen MR) is 97.1 cm³/mol.